The number of hydrogen-bond acceptors (Lipinski definition) is 6. The number of aryl methyl sites for hydroxylation is 1. The Hall–Kier alpha value is -3.84. The minimum Gasteiger partial charge on any atom is -0.493 e. The molecule has 0 N–H and O–H groups in total. The Morgan fingerprint density at radius 2 is 1.59 bits per heavy atom. The molecule has 0 aliphatic heterocycles. The molecule has 0 saturated heterocycles. The summed E-state index contributed by atoms with van der Waals surface area (Å²) in [5.41, 5.74) is 3.02. The SMILES string of the molecule is COc1ccc(CCN(CCc2nc(-c3ccc(Cl)cc3)no2)C(=O)CCc2ccccc2)cc1OC. The zero-order valence-electron chi connectivity index (χ0n) is 21.0. The van der Waals surface area contributed by atoms with Gasteiger partial charge >= 0.3 is 0 Å². The van der Waals surface area contributed by atoms with E-state index in [2.05, 4.69) is 10.1 Å². The van der Waals surface area contributed by atoms with Gasteiger partial charge in [-0.1, -0.05) is 53.2 Å². The summed E-state index contributed by atoms with van der Waals surface area (Å²) < 4.78 is 16.2. The van der Waals surface area contributed by atoms with Crippen LogP contribution in [0.4, 0.5) is 0 Å². The fourth-order valence-electron chi connectivity index (χ4n) is 4.02. The second-order valence-electron chi connectivity index (χ2n) is 8.57. The Morgan fingerprint density at radius 1 is 0.865 bits per heavy atom. The first-order valence-electron chi connectivity index (χ1n) is 12.2. The summed E-state index contributed by atoms with van der Waals surface area (Å²) >= 11 is 5.97. The molecule has 0 fully saturated rings. The van der Waals surface area contributed by atoms with Gasteiger partial charge in [-0.2, -0.15) is 4.98 Å². The van der Waals surface area contributed by atoms with Gasteiger partial charge in [0.25, 0.3) is 0 Å². The summed E-state index contributed by atoms with van der Waals surface area (Å²) in [4.78, 5) is 19.6. The lowest BCUT2D eigenvalue weighted by Crippen LogP contribution is -2.35. The van der Waals surface area contributed by atoms with Crippen molar-refractivity contribution in [3.63, 3.8) is 0 Å². The van der Waals surface area contributed by atoms with E-state index in [9.17, 15) is 4.79 Å². The van der Waals surface area contributed by atoms with Crippen molar-refractivity contribution in [3.05, 3.63) is 94.8 Å². The maximum atomic E-state index is 13.2. The number of rotatable bonds is 12. The predicted molar refractivity (Wildman–Crippen MR) is 143 cm³/mol. The minimum atomic E-state index is 0.0850. The Morgan fingerprint density at radius 3 is 2.32 bits per heavy atom. The number of amides is 1. The number of carbonyl (C=O) groups is 1. The highest BCUT2D eigenvalue weighted by Crippen LogP contribution is 2.28. The molecule has 0 radical (unpaired) electrons. The lowest BCUT2D eigenvalue weighted by Gasteiger charge is -2.22. The lowest BCUT2D eigenvalue weighted by molar-refractivity contribution is -0.131. The van der Waals surface area contributed by atoms with Gasteiger partial charge in [-0.25, -0.2) is 0 Å². The second-order valence-corrected chi connectivity index (χ2v) is 9.01. The molecule has 1 amide bonds. The van der Waals surface area contributed by atoms with E-state index in [0.717, 1.165) is 16.7 Å². The maximum Gasteiger partial charge on any atom is 0.228 e. The van der Waals surface area contributed by atoms with Crippen molar-refractivity contribution in [2.24, 2.45) is 0 Å². The Bertz CT molecular complexity index is 1290. The normalized spacial score (nSPS) is 10.8. The van der Waals surface area contributed by atoms with Gasteiger partial charge in [-0.3, -0.25) is 4.79 Å². The average Bonchev–Trinajstić information content (AvgIpc) is 3.41. The van der Waals surface area contributed by atoms with Crippen LogP contribution < -0.4 is 9.47 Å². The molecule has 0 unspecified atom stereocenters. The van der Waals surface area contributed by atoms with Crippen LogP contribution in [0.25, 0.3) is 11.4 Å². The van der Waals surface area contributed by atoms with Crippen molar-refractivity contribution in [2.45, 2.75) is 25.7 Å². The van der Waals surface area contributed by atoms with E-state index in [-0.39, 0.29) is 5.91 Å². The van der Waals surface area contributed by atoms with E-state index in [4.69, 9.17) is 25.6 Å². The van der Waals surface area contributed by atoms with Crippen LogP contribution in [0.1, 0.15) is 23.4 Å². The van der Waals surface area contributed by atoms with Gasteiger partial charge in [0.1, 0.15) is 0 Å². The fraction of sp³-hybridized carbons (Fsp3) is 0.276. The minimum absolute atomic E-state index is 0.0850. The summed E-state index contributed by atoms with van der Waals surface area (Å²) in [6.07, 6.45) is 2.25. The first-order chi connectivity index (χ1) is 18.1. The highest BCUT2D eigenvalue weighted by Gasteiger charge is 2.17. The summed E-state index contributed by atoms with van der Waals surface area (Å²) in [6, 6.07) is 23.1. The van der Waals surface area contributed by atoms with Crippen LogP contribution in [-0.4, -0.2) is 48.3 Å². The van der Waals surface area contributed by atoms with Crippen LogP contribution in [0.2, 0.25) is 5.02 Å². The number of nitrogens with zero attached hydrogens (tertiary/aromatic N) is 3. The molecule has 3 aromatic carbocycles. The summed E-state index contributed by atoms with van der Waals surface area (Å²) in [7, 11) is 3.23. The van der Waals surface area contributed by atoms with Gasteiger partial charge in [0.05, 0.1) is 14.2 Å². The number of carbonyl (C=O) groups excluding carboxylic acids is 1. The molecule has 192 valence electrons. The molecule has 0 atom stereocenters. The first-order valence-corrected chi connectivity index (χ1v) is 12.5. The molecule has 4 aromatic rings. The van der Waals surface area contributed by atoms with Gasteiger partial charge in [0, 0.05) is 36.5 Å². The molecule has 0 saturated carbocycles. The molecule has 0 aliphatic rings. The maximum absolute atomic E-state index is 13.2. The molecule has 8 heteroatoms. The van der Waals surface area contributed by atoms with Crippen LogP contribution in [-0.2, 0) is 24.1 Å². The van der Waals surface area contributed by atoms with Gasteiger partial charge < -0.3 is 18.9 Å². The third kappa shape index (κ3) is 7.33. The Balaban J connectivity index is 1.42. The number of halogens is 1. The van der Waals surface area contributed by atoms with Crippen molar-refractivity contribution >= 4 is 17.5 Å². The van der Waals surface area contributed by atoms with E-state index in [1.165, 1.54) is 0 Å². The smallest absolute Gasteiger partial charge is 0.228 e. The van der Waals surface area contributed by atoms with E-state index >= 15 is 0 Å². The highest BCUT2D eigenvalue weighted by atomic mass is 35.5. The van der Waals surface area contributed by atoms with Crippen LogP contribution in [0.3, 0.4) is 0 Å². The van der Waals surface area contributed by atoms with Gasteiger partial charge in [0.2, 0.25) is 17.6 Å². The van der Waals surface area contributed by atoms with Gasteiger partial charge in [-0.15, -0.1) is 0 Å². The molecular weight excluding hydrogens is 490 g/mol. The number of benzene rings is 3. The predicted octanol–water partition coefficient (Wildman–Crippen LogP) is 5.65. The van der Waals surface area contributed by atoms with E-state index in [1.54, 1.807) is 26.4 Å². The first kappa shape index (κ1) is 26.2. The topological polar surface area (TPSA) is 77.7 Å². The lowest BCUT2D eigenvalue weighted by atomic mass is 10.1. The molecule has 37 heavy (non-hydrogen) atoms. The zero-order valence-corrected chi connectivity index (χ0v) is 21.8. The zero-order chi connectivity index (χ0) is 26.0. The second kappa shape index (κ2) is 12.9. The quantitative estimate of drug-likeness (QED) is 0.240. The van der Waals surface area contributed by atoms with Crippen molar-refractivity contribution in [2.75, 3.05) is 27.3 Å². The molecule has 1 aromatic heterocycles. The van der Waals surface area contributed by atoms with E-state index in [0.29, 0.717) is 67.0 Å². The third-order valence-corrected chi connectivity index (χ3v) is 6.36. The summed E-state index contributed by atoms with van der Waals surface area (Å²) in [5.74, 6) is 2.41. The Labute approximate surface area is 222 Å². The fourth-order valence-corrected chi connectivity index (χ4v) is 4.14. The monoisotopic (exact) mass is 519 g/mol. The number of ether oxygens (including phenoxy) is 2. The highest BCUT2D eigenvalue weighted by molar-refractivity contribution is 6.30. The van der Waals surface area contributed by atoms with Crippen LogP contribution in [0, 0.1) is 0 Å². The third-order valence-electron chi connectivity index (χ3n) is 6.11. The average molecular weight is 520 g/mol. The van der Waals surface area contributed by atoms with Crippen LogP contribution in [0.5, 0.6) is 11.5 Å². The number of methoxy groups -OCH3 is 2. The molecule has 7 nitrogen and oxygen atoms in total. The van der Waals surface area contributed by atoms with Crippen LogP contribution in [0.15, 0.2) is 77.3 Å². The Kier molecular flexibility index (Phi) is 9.16. The van der Waals surface area contributed by atoms with Gasteiger partial charge in [0.15, 0.2) is 11.5 Å². The van der Waals surface area contributed by atoms with E-state index < -0.39 is 0 Å². The van der Waals surface area contributed by atoms with Crippen molar-refractivity contribution in [1.82, 2.24) is 15.0 Å². The molecular formula is C29H30ClN3O4. The van der Waals surface area contributed by atoms with Crippen molar-refractivity contribution in [1.29, 1.82) is 0 Å². The van der Waals surface area contributed by atoms with Crippen molar-refractivity contribution in [3.8, 4) is 22.9 Å². The molecule has 1 heterocycles. The number of aromatic nitrogens is 2. The van der Waals surface area contributed by atoms with Crippen molar-refractivity contribution < 1.29 is 18.8 Å². The standard InChI is InChI=1S/C29H30ClN3O4/c1-35-25-14-8-22(20-26(25)36-2)16-18-33(28(34)15-9-21-6-4-3-5-7-21)19-17-27-31-29(32-37-27)23-10-12-24(30)13-11-23/h3-8,10-14,20H,9,15-19H2,1-2H3. The largest absolute Gasteiger partial charge is 0.493 e. The van der Waals surface area contributed by atoms with E-state index in [1.807, 2.05) is 65.6 Å². The number of hydrogen-bond donors (Lipinski definition) is 0. The molecule has 0 bridgehead atoms. The molecule has 0 spiro atoms. The summed E-state index contributed by atoms with van der Waals surface area (Å²) in [6.45, 7) is 1.03. The molecule has 0 aliphatic carbocycles. The van der Waals surface area contributed by atoms with Crippen LogP contribution >= 0.6 is 11.6 Å². The summed E-state index contributed by atoms with van der Waals surface area (Å²) in [5, 5.41) is 4.73. The molecule has 4 rings (SSSR count). The van der Waals surface area contributed by atoms with Gasteiger partial charge in [-0.05, 0) is 60.4 Å².